The van der Waals surface area contributed by atoms with Crippen LogP contribution in [0.4, 0.5) is 0 Å². The van der Waals surface area contributed by atoms with Crippen molar-refractivity contribution in [1.82, 2.24) is 15.0 Å². The van der Waals surface area contributed by atoms with Gasteiger partial charge in [-0.05, 0) is 261 Å². The summed E-state index contributed by atoms with van der Waals surface area (Å²) < 4.78 is 0. The van der Waals surface area contributed by atoms with Crippen molar-refractivity contribution in [2.24, 2.45) is 0 Å². The summed E-state index contributed by atoms with van der Waals surface area (Å²) in [4.78, 5) is 46.7. The lowest BCUT2D eigenvalue weighted by molar-refractivity contribution is -0.129. The summed E-state index contributed by atoms with van der Waals surface area (Å²) in [6.07, 6.45) is 0.668. The molecule has 1 aliphatic heterocycles. The van der Waals surface area contributed by atoms with Crippen LogP contribution in [-0.4, -0.2) is 31.6 Å². The highest BCUT2D eigenvalue weighted by Crippen LogP contribution is 2.63. The summed E-state index contributed by atoms with van der Waals surface area (Å²) in [5, 5.41) is 27.4. The number of allylic oxidation sites excluding steroid dienone is 6. The van der Waals surface area contributed by atoms with Crippen LogP contribution in [0.2, 0.25) is 0 Å². The van der Waals surface area contributed by atoms with Crippen molar-refractivity contribution in [3.05, 3.63) is 197 Å². The summed E-state index contributed by atoms with van der Waals surface area (Å²) in [5.41, 5.74) is 28.0. The lowest BCUT2D eigenvalue weighted by Gasteiger charge is -2.24. The summed E-state index contributed by atoms with van der Waals surface area (Å²) in [6.45, 7) is 59.4. The summed E-state index contributed by atoms with van der Waals surface area (Å²) in [7, 11) is 0. The Balaban J connectivity index is 1.02. The minimum atomic E-state index is -0.771. The molecule has 0 fully saturated rings. The predicted molar refractivity (Wildman–Crippen MR) is 431 cm³/mol. The minimum absolute atomic E-state index is 0.0219. The van der Waals surface area contributed by atoms with E-state index in [2.05, 4.69) is 287 Å². The lowest BCUT2D eigenvalue weighted by atomic mass is 9.81. The Morgan fingerprint density at radius 1 is 0.333 bits per heavy atom. The Hall–Kier alpha value is -9.13. The van der Waals surface area contributed by atoms with Gasteiger partial charge in [0.1, 0.15) is 5.76 Å². The maximum atomic E-state index is 16.4. The molecule has 0 spiro atoms. The van der Waals surface area contributed by atoms with E-state index < -0.39 is 11.6 Å². The molecule has 0 atom stereocenters. The third-order valence-electron chi connectivity index (χ3n) is 24.0. The second-order valence-electron chi connectivity index (χ2n) is 39.6. The number of aromatic nitrogens is 3. The molecule has 0 unspecified atom stereocenters. The van der Waals surface area contributed by atoms with Crippen molar-refractivity contribution in [2.75, 3.05) is 0 Å². The molecular formula is C96H99N3O3. The summed E-state index contributed by atoms with van der Waals surface area (Å²) >= 11 is 0. The van der Waals surface area contributed by atoms with Crippen molar-refractivity contribution >= 4 is 93.3 Å². The van der Waals surface area contributed by atoms with Crippen LogP contribution in [0.5, 0.6) is 0 Å². The van der Waals surface area contributed by atoms with Gasteiger partial charge in [0.25, 0.3) is 0 Å². The number of aliphatic hydroxyl groups excluding tert-OH is 1. The number of fused-ring (bicyclic) bond motifs is 11. The van der Waals surface area contributed by atoms with Crippen LogP contribution in [0.1, 0.15) is 252 Å². The van der Waals surface area contributed by atoms with Crippen molar-refractivity contribution < 1.29 is 14.7 Å². The van der Waals surface area contributed by atoms with E-state index in [1.807, 2.05) is 0 Å². The standard InChI is InChI=1S/C96H99N3O3/c1-44-27-66(73-60-38-52(91(9,10)11)29-46-28-50(89(3,4)5)36-58(67(44)73)69(46)60)81-75-62-40-54(93(15,16)17)32-48-33-55(94(18,19)20)41-63(71(48)62)76(75)82(98-81)79-86(100)80(88(102)87(79)101)83-77-64-42-56(95(21,22)23)34-49-35-57(96(24,25)26)43-65(72(49)64)78(77)85(99-83)84-74-61-39-53(92(12,13)14)31-47-30-51(90(6,7)8)37-59(70(47)61)68(74)45(2)97-84/h28-43,97-98,100H,27H2,1-26H3/b83-80+. The van der Waals surface area contributed by atoms with E-state index in [0.29, 0.717) is 23.2 Å². The molecule has 0 amide bonds. The highest BCUT2D eigenvalue weighted by Gasteiger charge is 2.46. The Labute approximate surface area is 601 Å². The number of hydrogen-bond donors (Lipinski definition) is 3. The number of nitrogens with zero attached hydrogens (tertiary/aromatic N) is 1. The molecule has 3 heterocycles. The molecular weight excluding hydrogens is 1240 g/mol. The molecule has 0 saturated carbocycles. The zero-order valence-electron chi connectivity index (χ0n) is 65.2. The number of ketones is 2. The molecule has 8 aromatic carbocycles. The molecule has 516 valence electrons. The number of carbonyl (C=O) groups is 2. The number of benzene rings is 8. The fourth-order valence-corrected chi connectivity index (χ4v) is 18.0. The van der Waals surface area contributed by atoms with E-state index >= 15 is 9.59 Å². The number of carbonyl (C=O) groups excluding carboxylic acids is 2. The molecule has 0 radical (unpaired) electrons. The fraction of sp³-hybridized carbons (Fsp3) is 0.365. The Morgan fingerprint density at radius 3 is 1.07 bits per heavy atom. The molecule has 6 aliphatic carbocycles. The van der Waals surface area contributed by atoms with E-state index in [9.17, 15) is 5.11 Å². The minimum Gasteiger partial charge on any atom is -0.506 e. The maximum Gasteiger partial charge on any atom is 0.239 e. The van der Waals surface area contributed by atoms with Crippen LogP contribution in [0.3, 0.4) is 0 Å². The SMILES string of the molecule is CC1=C2C(=C(c3[nH]c(C4=C(O)/C(=c5\nc(-c6[nH]c(C)c7c6-c6cc(C(C)(C)C)cc8cc(C(C)(C)C)cc-7c68)c6c7cc(C(C)(C)C)cc8cc(C(C)(C)C)cc(c5=6)c87)C(=O)C4=O)c4c3-c3cc(C(C)(C)C)cc5cc(C(C)(C)C)cc-4c35)C1)c1cc(C(C)(C)C)cc3cc(C(C)(C)C)cc2c13. The first kappa shape index (κ1) is 66.1. The Morgan fingerprint density at radius 2 is 0.657 bits per heavy atom. The number of aliphatic hydroxyl groups is 1. The zero-order valence-corrected chi connectivity index (χ0v) is 65.2. The number of rotatable bonds is 3. The van der Waals surface area contributed by atoms with Gasteiger partial charge in [-0.3, -0.25) is 9.59 Å². The molecule has 6 heteroatoms. The normalized spacial score (nSPS) is 16.4. The van der Waals surface area contributed by atoms with Gasteiger partial charge in [0, 0.05) is 38.4 Å². The molecule has 10 aromatic rings. The highest BCUT2D eigenvalue weighted by atomic mass is 16.3. The van der Waals surface area contributed by atoms with Gasteiger partial charge in [-0.2, -0.15) is 0 Å². The number of hydrogen-bond acceptors (Lipinski definition) is 4. The maximum absolute atomic E-state index is 16.4. The lowest BCUT2D eigenvalue weighted by Crippen LogP contribution is -2.19. The van der Waals surface area contributed by atoms with Gasteiger partial charge in [-0.15, -0.1) is 0 Å². The van der Waals surface area contributed by atoms with Gasteiger partial charge in [0.15, 0.2) is 0 Å². The molecule has 17 rings (SSSR count). The van der Waals surface area contributed by atoms with Crippen LogP contribution in [0.15, 0.2) is 108 Å². The average Bonchev–Trinajstić information content (AvgIpc) is 1.52. The molecule has 2 aromatic heterocycles. The second kappa shape index (κ2) is 20.2. The van der Waals surface area contributed by atoms with Gasteiger partial charge in [0.2, 0.25) is 11.6 Å². The van der Waals surface area contributed by atoms with Crippen molar-refractivity contribution in [1.29, 1.82) is 0 Å². The van der Waals surface area contributed by atoms with E-state index in [-0.39, 0.29) is 60.2 Å². The van der Waals surface area contributed by atoms with Crippen LogP contribution >= 0.6 is 0 Å². The van der Waals surface area contributed by atoms with E-state index in [0.717, 1.165) is 115 Å². The van der Waals surface area contributed by atoms with Crippen LogP contribution in [0.25, 0.3) is 138 Å². The monoisotopic (exact) mass is 1340 g/mol. The van der Waals surface area contributed by atoms with E-state index in [1.54, 1.807) is 0 Å². The zero-order chi connectivity index (χ0) is 73.1. The van der Waals surface area contributed by atoms with Gasteiger partial charge in [0.05, 0.1) is 39.3 Å². The van der Waals surface area contributed by atoms with Gasteiger partial charge < -0.3 is 15.1 Å². The summed E-state index contributed by atoms with van der Waals surface area (Å²) in [6, 6.07) is 38.2. The molecule has 102 heavy (non-hydrogen) atoms. The highest BCUT2D eigenvalue weighted by molar-refractivity contribution is 6.70. The Kier molecular flexibility index (Phi) is 13.1. The largest absolute Gasteiger partial charge is 0.506 e. The first-order valence-electron chi connectivity index (χ1n) is 37.3. The number of H-pyrrole nitrogens is 2. The van der Waals surface area contributed by atoms with Crippen molar-refractivity contribution in [3.8, 4) is 55.9 Å². The Bertz CT molecular complexity index is 6170. The molecule has 3 N–H and O–H groups in total. The average molecular weight is 1340 g/mol. The van der Waals surface area contributed by atoms with Gasteiger partial charge in [-0.1, -0.05) is 220 Å². The van der Waals surface area contributed by atoms with Crippen LogP contribution in [-0.2, 0) is 52.9 Å². The summed E-state index contributed by atoms with van der Waals surface area (Å²) in [5.74, 6) is -1.88. The molecule has 0 bridgehead atoms. The van der Waals surface area contributed by atoms with Gasteiger partial charge >= 0.3 is 0 Å². The number of nitrogens with one attached hydrogen (secondary N) is 2. The van der Waals surface area contributed by atoms with Crippen molar-refractivity contribution in [2.45, 2.75) is 230 Å². The molecule has 0 saturated heterocycles. The first-order valence-corrected chi connectivity index (χ1v) is 37.3. The third-order valence-corrected chi connectivity index (χ3v) is 24.0. The second-order valence-corrected chi connectivity index (χ2v) is 39.6. The van der Waals surface area contributed by atoms with Crippen molar-refractivity contribution in [3.63, 3.8) is 0 Å². The smallest absolute Gasteiger partial charge is 0.239 e. The number of aryl methyl sites for hydroxylation is 1. The van der Waals surface area contributed by atoms with Crippen LogP contribution < -0.4 is 5.35 Å². The molecule has 6 nitrogen and oxygen atoms in total. The first-order chi connectivity index (χ1) is 47.2. The van der Waals surface area contributed by atoms with Gasteiger partial charge in [-0.25, -0.2) is 4.98 Å². The quantitative estimate of drug-likeness (QED) is 0.154. The fourth-order valence-electron chi connectivity index (χ4n) is 18.0. The van der Waals surface area contributed by atoms with E-state index in [1.165, 1.54) is 88.3 Å². The van der Waals surface area contributed by atoms with Crippen LogP contribution in [0, 0.1) is 17.4 Å². The number of aromatic amines is 2. The predicted octanol–water partition coefficient (Wildman–Crippen LogP) is 24.4. The molecule has 7 aliphatic rings. The van der Waals surface area contributed by atoms with E-state index in [4.69, 9.17) is 4.98 Å². The third kappa shape index (κ3) is 9.17. The topological polar surface area (TPSA) is 98.8 Å². The number of Topliss-reactive ketones (excluding diaryl/α,β-unsaturated/α-hetero) is 2.